The monoisotopic (exact) mass is 386 g/mol. The van der Waals surface area contributed by atoms with Gasteiger partial charge in [0.1, 0.15) is 11.4 Å². The Hall–Kier alpha value is -2.89. The average Bonchev–Trinajstić information content (AvgIpc) is 2.51. The summed E-state index contributed by atoms with van der Waals surface area (Å²) < 4.78 is 35.9. The number of hydrogen-bond donors (Lipinski definition) is 4. The number of hydrogen-bond acceptors (Lipinski definition) is 7. The summed E-state index contributed by atoms with van der Waals surface area (Å²) in [5.74, 6) is -1.36. The molecule has 0 radical (unpaired) electrons. The van der Waals surface area contributed by atoms with Gasteiger partial charge in [-0.1, -0.05) is 6.08 Å². The van der Waals surface area contributed by atoms with E-state index in [0.717, 1.165) is 5.69 Å². The van der Waals surface area contributed by atoms with Crippen LogP contribution in [0.5, 0.6) is 17.2 Å². The first-order valence-corrected chi connectivity index (χ1v) is 8.35. The van der Waals surface area contributed by atoms with Gasteiger partial charge in [0.15, 0.2) is 17.2 Å². The van der Waals surface area contributed by atoms with Gasteiger partial charge in [-0.25, -0.2) is 8.42 Å². The molecule has 0 unspecified atom stereocenters. The van der Waals surface area contributed by atoms with Crippen LogP contribution >= 0.6 is 0 Å². The summed E-state index contributed by atoms with van der Waals surface area (Å²) in [6, 6.07) is 4.48. The third kappa shape index (κ3) is 5.88. The summed E-state index contributed by atoms with van der Waals surface area (Å²) in [6.07, 6.45) is 3.33. The number of benzene rings is 1. The third-order valence-electron chi connectivity index (χ3n) is 3.39. The second-order valence-electron chi connectivity index (χ2n) is 5.28. The van der Waals surface area contributed by atoms with Crippen molar-refractivity contribution in [2.45, 2.75) is 6.92 Å². The SMILES string of the molecule is Cc1cc(C=Cc2cc(O)c(O)c(O)c2)[n+](C)c(=O)n1C.O=S(=O)([O-])O. The first kappa shape index (κ1) is 21.2. The Morgan fingerprint density at radius 3 is 2.04 bits per heavy atom. The fourth-order valence-corrected chi connectivity index (χ4v) is 1.96. The topological polar surface area (TPSA) is 164 Å². The third-order valence-corrected chi connectivity index (χ3v) is 3.39. The highest BCUT2D eigenvalue weighted by Gasteiger charge is 2.12. The Kier molecular flexibility index (Phi) is 6.50. The lowest BCUT2D eigenvalue weighted by Crippen LogP contribution is -2.53. The van der Waals surface area contributed by atoms with Gasteiger partial charge in [0.05, 0.1) is 14.1 Å². The highest BCUT2D eigenvalue weighted by Crippen LogP contribution is 2.35. The summed E-state index contributed by atoms with van der Waals surface area (Å²) in [7, 11) is -1.56. The van der Waals surface area contributed by atoms with Gasteiger partial charge in [0, 0.05) is 6.07 Å². The Morgan fingerprint density at radius 1 is 1.12 bits per heavy atom. The van der Waals surface area contributed by atoms with Crippen LogP contribution in [0.25, 0.3) is 12.2 Å². The molecular weight excluding hydrogens is 368 g/mol. The molecule has 0 atom stereocenters. The van der Waals surface area contributed by atoms with E-state index < -0.39 is 27.6 Å². The Labute approximate surface area is 149 Å². The van der Waals surface area contributed by atoms with E-state index in [4.69, 9.17) is 17.5 Å². The number of phenols is 3. The molecule has 1 aromatic heterocycles. The van der Waals surface area contributed by atoms with Gasteiger partial charge in [-0.3, -0.25) is 4.55 Å². The van der Waals surface area contributed by atoms with Crippen LogP contribution in [0.3, 0.4) is 0 Å². The van der Waals surface area contributed by atoms with Gasteiger partial charge in [0.25, 0.3) is 0 Å². The molecule has 2 aromatic rings. The van der Waals surface area contributed by atoms with Crippen molar-refractivity contribution < 1.29 is 37.4 Å². The Balaban J connectivity index is 0.000000597. The van der Waals surface area contributed by atoms with E-state index in [1.165, 1.54) is 21.3 Å². The number of aromatic hydroxyl groups is 3. The first-order valence-electron chi connectivity index (χ1n) is 6.99. The highest BCUT2D eigenvalue weighted by molar-refractivity contribution is 7.79. The molecule has 0 spiro atoms. The molecule has 2 rings (SSSR count). The van der Waals surface area contributed by atoms with Crippen molar-refractivity contribution in [3.8, 4) is 17.2 Å². The lowest BCUT2D eigenvalue weighted by atomic mass is 10.1. The van der Waals surface area contributed by atoms with Crippen LogP contribution in [0.1, 0.15) is 17.0 Å². The zero-order chi connectivity index (χ0) is 20.2. The molecule has 0 bridgehead atoms. The predicted molar refractivity (Wildman–Crippen MR) is 90.3 cm³/mol. The molecule has 0 amide bonds. The predicted octanol–water partition coefficient (Wildman–Crippen LogP) is -0.190. The molecule has 0 fully saturated rings. The lowest BCUT2D eigenvalue weighted by Gasteiger charge is -2.03. The normalized spacial score (nSPS) is 11.3. The fourth-order valence-electron chi connectivity index (χ4n) is 1.96. The first-order chi connectivity index (χ1) is 11.8. The van der Waals surface area contributed by atoms with Crippen molar-refractivity contribution >= 4 is 22.6 Å². The van der Waals surface area contributed by atoms with Gasteiger partial charge >= 0.3 is 5.69 Å². The van der Waals surface area contributed by atoms with Crippen LogP contribution in [0.15, 0.2) is 23.0 Å². The largest absolute Gasteiger partial charge is 0.726 e. The van der Waals surface area contributed by atoms with Gasteiger partial charge < -0.3 is 19.9 Å². The molecular formula is C15H18N2O8S. The zero-order valence-corrected chi connectivity index (χ0v) is 14.9. The van der Waals surface area contributed by atoms with Crippen LogP contribution in [0, 0.1) is 6.92 Å². The van der Waals surface area contributed by atoms with Crippen LogP contribution in [0.4, 0.5) is 0 Å². The standard InChI is InChI=1S/C15H16N2O4.H2O4S/c1-9-6-11(17(3)15(21)16(9)2)5-4-10-7-12(18)14(20)13(19)8-10;1-5(2,3)4/h4-8,18-19H,1-3H3;(H2,1,2,3,4). The van der Waals surface area contributed by atoms with Crippen molar-refractivity contribution in [1.29, 1.82) is 0 Å². The second-order valence-corrected chi connectivity index (χ2v) is 6.14. The molecule has 0 aliphatic carbocycles. The molecule has 0 aliphatic rings. The number of nitrogens with zero attached hydrogens (tertiary/aromatic N) is 2. The molecule has 142 valence electrons. The molecule has 10 nitrogen and oxygen atoms in total. The second kappa shape index (κ2) is 7.99. The highest BCUT2D eigenvalue weighted by atomic mass is 32.3. The molecule has 1 aromatic carbocycles. The minimum Gasteiger partial charge on any atom is -0.726 e. The van der Waals surface area contributed by atoms with Crippen molar-refractivity contribution in [3.63, 3.8) is 0 Å². The average molecular weight is 386 g/mol. The Morgan fingerprint density at radius 2 is 1.58 bits per heavy atom. The van der Waals surface area contributed by atoms with Gasteiger partial charge in [0.2, 0.25) is 10.4 Å². The molecule has 4 N–H and O–H groups in total. The van der Waals surface area contributed by atoms with Crippen LogP contribution in [0.2, 0.25) is 0 Å². The number of aromatic nitrogens is 2. The lowest BCUT2D eigenvalue weighted by molar-refractivity contribution is -0.692. The summed E-state index contributed by atoms with van der Waals surface area (Å²) in [5, 5.41) is 28.2. The van der Waals surface area contributed by atoms with E-state index in [1.54, 1.807) is 26.2 Å². The van der Waals surface area contributed by atoms with Gasteiger partial charge in [-0.15, -0.1) is 0 Å². The van der Waals surface area contributed by atoms with Gasteiger partial charge in [-0.05, 0) is 30.7 Å². The zero-order valence-electron chi connectivity index (χ0n) is 14.1. The molecule has 26 heavy (non-hydrogen) atoms. The van der Waals surface area contributed by atoms with Crippen molar-refractivity contribution in [1.82, 2.24) is 4.57 Å². The summed E-state index contributed by atoms with van der Waals surface area (Å²) in [6.45, 7) is 1.83. The maximum absolute atomic E-state index is 12.0. The number of phenolic OH excluding ortho intramolecular Hbond substituents is 3. The quantitative estimate of drug-likeness (QED) is 0.239. The van der Waals surface area contributed by atoms with Gasteiger partial charge in [-0.2, -0.15) is 13.9 Å². The van der Waals surface area contributed by atoms with Crippen LogP contribution < -0.4 is 10.3 Å². The summed E-state index contributed by atoms with van der Waals surface area (Å²) in [4.78, 5) is 12.0. The summed E-state index contributed by atoms with van der Waals surface area (Å²) >= 11 is 0. The maximum Gasteiger partial charge on any atom is 0.498 e. The minimum absolute atomic E-state index is 0.147. The van der Waals surface area contributed by atoms with Crippen LogP contribution in [-0.2, 0) is 24.5 Å². The van der Waals surface area contributed by atoms with E-state index >= 15 is 0 Å². The Bertz CT molecular complexity index is 978. The molecule has 0 saturated carbocycles. The number of rotatable bonds is 2. The van der Waals surface area contributed by atoms with Crippen molar-refractivity contribution in [2.24, 2.45) is 14.1 Å². The van der Waals surface area contributed by atoms with Crippen LogP contribution in [-0.4, -0.2) is 37.4 Å². The number of aryl methyl sites for hydroxylation is 1. The van der Waals surface area contributed by atoms with E-state index in [9.17, 15) is 20.1 Å². The van der Waals surface area contributed by atoms with E-state index in [-0.39, 0.29) is 5.69 Å². The maximum atomic E-state index is 12.0. The van der Waals surface area contributed by atoms with E-state index in [1.807, 2.05) is 13.0 Å². The van der Waals surface area contributed by atoms with E-state index in [2.05, 4.69) is 0 Å². The molecule has 0 aliphatic heterocycles. The fraction of sp³-hybridized carbons (Fsp3) is 0.200. The molecule has 11 heteroatoms. The smallest absolute Gasteiger partial charge is 0.498 e. The molecule has 1 heterocycles. The van der Waals surface area contributed by atoms with Crippen molar-refractivity contribution in [3.05, 3.63) is 45.6 Å². The minimum atomic E-state index is -4.92. The van der Waals surface area contributed by atoms with Crippen molar-refractivity contribution in [2.75, 3.05) is 0 Å². The molecule has 0 saturated heterocycles. The van der Waals surface area contributed by atoms with E-state index in [0.29, 0.717) is 11.3 Å². The summed E-state index contributed by atoms with van der Waals surface area (Å²) in [5.41, 5.74) is 1.85.